The number of nitrogen functional groups attached to an aromatic ring is 2. The second-order valence-corrected chi connectivity index (χ2v) is 12.3. The fraction of sp³-hybridized carbons (Fsp3) is 0.500. The highest BCUT2D eigenvalue weighted by Gasteiger charge is 2.36. The van der Waals surface area contributed by atoms with Gasteiger partial charge in [0.25, 0.3) is 0 Å². The van der Waals surface area contributed by atoms with E-state index in [0.717, 1.165) is 9.13 Å². The number of carbonyl (C=O) groups is 2. The van der Waals surface area contributed by atoms with Crippen LogP contribution in [0.3, 0.4) is 0 Å². The smallest absolute Gasteiger partial charge is 0.359 e. The molecular weight excluding hydrogens is 702 g/mol. The molecule has 2 fully saturated rings. The maximum Gasteiger partial charge on any atom is 0.359 e. The zero-order valence-corrected chi connectivity index (χ0v) is 26.7. The number of anilines is 2. The van der Waals surface area contributed by atoms with Crippen LogP contribution in [0, 0.1) is 0 Å². The molecule has 2 aromatic rings. The number of hydrogen-bond donors (Lipinski definition) is 8. The molecule has 0 bridgehead atoms. The Morgan fingerprint density at radius 3 is 1.42 bits per heavy atom. The predicted octanol–water partition coefficient (Wildman–Crippen LogP) is -5.31. The number of carbonyl (C=O) groups excluding carboxylic acids is 2. The molecule has 16 N–H and O–H groups in total. The van der Waals surface area contributed by atoms with Crippen molar-refractivity contribution < 1.29 is 76.9 Å². The lowest BCUT2D eigenvalue weighted by molar-refractivity contribution is -0.315. The molecule has 4 heterocycles. The van der Waals surface area contributed by atoms with Gasteiger partial charge in [-0.1, -0.05) is 0 Å². The summed E-state index contributed by atoms with van der Waals surface area (Å²) in [6.45, 7) is -1.33. The van der Waals surface area contributed by atoms with Gasteiger partial charge < -0.3 is 91.6 Å². The molecule has 0 aromatic carbocycles. The van der Waals surface area contributed by atoms with Crippen molar-refractivity contribution in [3.63, 3.8) is 0 Å². The Morgan fingerprint density at radius 2 is 1.15 bits per heavy atom. The Morgan fingerprint density at radius 1 is 0.812 bits per heavy atom. The average Bonchev–Trinajstić information content (AvgIpc) is 3.57. The van der Waals surface area contributed by atoms with Gasteiger partial charge in [0.05, 0.1) is 38.4 Å². The van der Waals surface area contributed by atoms with Gasteiger partial charge in [0.15, 0.2) is 36.7 Å². The molecule has 2 aromatic heterocycles. The Kier molecular flexibility index (Phi) is 15.5. The van der Waals surface area contributed by atoms with Crippen molar-refractivity contribution in [3.05, 3.63) is 45.5 Å². The fourth-order valence-corrected chi connectivity index (χ4v) is 4.70. The molecule has 0 saturated carbocycles. The summed E-state index contributed by atoms with van der Waals surface area (Å²) in [6, 6.07) is 2.74. The fourth-order valence-electron chi connectivity index (χ4n) is 3.59. The quantitative estimate of drug-likeness (QED) is 0.0943. The van der Waals surface area contributed by atoms with Gasteiger partial charge in [-0.3, -0.25) is 18.3 Å². The highest BCUT2D eigenvalue weighted by Crippen LogP contribution is 2.42. The van der Waals surface area contributed by atoms with Crippen molar-refractivity contribution in [1.29, 1.82) is 0 Å². The van der Waals surface area contributed by atoms with Crippen LogP contribution in [-0.4, -0.2) is 101 Å². The van der Waals surface area contributed by atoms with Crippen molar-refractivity contribution in [2.45, 2.75) is 36.7 Å². The van der Waals surface area contributed by atoms with E-state index in [-0.39, 0.29) is 37.2 Å². The van der Waals surface area contributed by atoms with Crippen LogP contribution in [-0.2, 0) is 47.1 Å². The van der Waals surface area contributed by atoms with Crippen LogP contribution in [0.4, 0.5) is 11.6 Å². The highest BCUT2D eigenvalue weighted by molar-refractivity contribution is 7.53. The summed E-state index contributed by atoms with van der Waals surface area (Å²) >= 11 is 0. The molecule has 4 rings (SSSR count). The summed E-state index contributed by atoms with van der Waals surface area (Å²) in [5.74, 6) is -8.94. The molecule has 6 unspecified atom stereocenters. The Bertz CT molecular complexity index is 1500. The average molecular weight is 736 g/mol. The molecule has 0 spiro atoms. The van der Waals surface area contributed by atoms with Crippen LogP contribution in [0.2, 0.25) is 0 Å². The van der Waals surface area contributed by atoms with Gasteiger partial charge in [-0.2, -0.15) is 9.97 Å². The molecule has 0 amide bonds. The predicted molar refractivity (Wildman–Crippen MR) is 151 cm³/mol. The Labute approximate surface area is 267 Å². The van der Waals surface area contributed by atoms with E-state index in [1.807, 2.05) is 0 Å². The van der Waals surface area contributed by atoms with Crippen molar-refractivity contribution in [1.82, 2.24) is 31.4 Å². The molecule has 2 saturated heterocycles. The monoisotopic (exact) mass is 736 g/mol. The van der Waals surface area contributed by atoms with E-state index in [1.165, 1.54) is 24.5 Å². The van der Waals surface area contributed by atoms with Gasteiger partial charge in [0.2, 0.25) is 0 Å². The normalized spacial score (nSPS) is 21.9. The molecule has 48 heavy (non-hydrogen) atoms. The summed E-state index contributed by atoms with van der Waals surface area (Å²) in [5.41, 5.74) is 9.35. The first-order valence-corrected chi connectivity index (χ1v) is 15.7. The minimum atomic E-state index is -5.05. The maximum atomic E-state index is 11.6. The van der Waals surface area contributed by atoms with Crippen LogP contribution < -0.4 is 45.4 Å². The van der Waals surface area contributed by atoms with E-state index in [4.69, 9.17) is 50.0 Å². The maximum absolute atomic E-state index is 11.6. The summed E-state index contributed by atoms with van der Waals surface area (Å²) < 4.78 is 54.0. The zero-order valence-electron chi connectivity index (χ0n) is 24.9. The minimum Gasteiger partial charge on any atom is -0.547 e. The van der Waals surface area contributed by atoms with E-state index in [0.29, 0.717) is 0 Å². The summed E-state index contributed by atoms with van der Waals surface area (Å²) in [4.78, 5) is 86.9. The molecule has 0 aliphatic carbocycles. The number of hydrogen-bond acceptors (Lipinski definition) is 18. The first-order valence-electron chi connectivity index (χ1n) is 12.4. The first kappa shape index (κ1) is 42.3. The van der Waals surface area contributed by atoms with Crippen LogP contribution in [0.1, 0.15) is 12.5 Å². The molecule has 0 radical (unpaired) electrons. The summed E-state index contributed by atoms with van der Waals surface area (Å²) in [7, 11) is -10.1. The number of carboxylic acid groups (broad SMARTS) is 2. The SMILES string of the molecule is Nc1ccn(C2COC(COC(C(=O)[O-])P(=O)(O)O)O2)c(=O)n1.Nc1ccn(C2COC(COC(C(=O)[O-])P(=O)(O)O)O2)c(=O)n1.[NH4+].[NH4+]. The van der Waals surface area contributed by atoms with Crippen LogP contribution in [0.5, 0.6) is 0 Å². The Hall–Kier alpha value is -3.72. The topological polar surface area (TPSA) is 446 Å². The number of carboxylic acids is 2. The van der Waals surface area contributed by atoms with Crippen LogP contribution in [0.15, 0.2) is 34.1 Å². The number of aromatic nitrogens is 4. The molecule has 2 aliphatic rings. The lowest BCUT2D eigenvalue weighted by atomic mass is 10.5. The van der Waals surface area contributed by atoms with E-state index in [9.17, 15) is 38.5 Å². The van der Waals surface area contributed by atoms with Gasteiger partial charge in [-0.05, 0) is 12.1 Å². The van der Waals surface area contributed by atoms with E-state index < -0.39 is 88.4 Å². The molecule has 272 valence electrons. The van der Waals surface area contributed by atoms with E-state index >= 15 is 0 Å². The van der Waals surface area contributed by atoms with Crippen LogP contribution in [0.25, 0.3) is 0 Å². The number of quaternary nitrogens is 2. The minimum absolute atomic E-state index is 0. The highest BCUT2D eigenvalue weighted by atomic mass is 31.2. The van der Waals surface area contributed by atoms with Gasteiger partial charge in [0, 0.05) is 12.4 Å². The third-order valence-electron chi connectivity index (χ3n) is 5.59. The number of nitrogens with zero attached hydrogens (tertiary/aromatic N) is 4. The second-order valence-electron chi connectivity index (χ2n) is 8.98. The molecule has 6 atom stereocenters. The standard InChI is InChI=1S/2C10H14N3O9P.2H3N/c2*11-5-1-2-13(10(16)12-5)6-3-20-7(22-6)4-21-9(8(14)15)23(17,18)19;;/h2*1-2,6-7,9H,3-4H2,(H,14,15)(H2,11,12,16)(H2,17,18,19);2*1H3. The zero-order chi connectivity index (χ0) is 34.4. The third-order valence-corrected chi connectivity index (χ3v) is 7.53. The lowest BCUT2D eigenvalue weighted by Crippen LogP contribution is -2.39. The van der Waals surface area contributed by atoms with Crippen molar-refractivity contribution >= 4 is 38.8 Å². The van der Waals surface area contributed by atoms with Crippen molar-refractivity contribution in [3.8, 4) is 0 Å². The molecule has 2 aliphatic heterocycles. The molecule has 28 heteroatoms. The van der Waals surface area contributed by atoms with E-state index in [1.54, 1.807) is 0 Å². The van der Waals surface area contributed by atoms with Gasteiger partial charge in [-0.25, -0.2) is 9.59 Å². The van der Waals surface area contributed by atoms with Crippen molar-refractivity contribution in [2.24, 2.45) is 0 Å². The van der Waals surface area contributed by atoms with Crippen molar-refractivity contribution in [2.75, 3.05) is 37.9 Å². The number of nitrogens with two attached hydrogens (primary N) is 2. The molecular formula is C20H34N8O18P2. The lowest BCUT2D eigenvalue weighted by Gasteiger charge is -2.21. The second kappa shape index (κ2) is 17.6. The first-order chi connectivity index (χ1) is 21.4. The third kappa shape index (κ3) is 11.8. The van der Waals surface area contributed by atoms with Gasteiger partial charge in [0.1, 0.15) is 11.6 Å². The largest absolute Gasteiger partial charge is 0.547 e. The van der Waals surface area contributed by atoms with Gasteiger partial charge in [-0.15, -0.1) is 0 Å². The van der Waals surface area contributed by atoms with Gasteiger partial charge >= 0.3 is 26.6 Å². The van der Waals surface area contributed by atoms with E-state index in [2.05, 4.69) is 19.4 Å². The summed E-state index contributed by atoms with van der Waals surface area (Å²) in [6.07, 6.45) is -1.31. The Balaban J connectivity index is 0.000000461. The summed E-state index contributed by atoms with van der Waals surface area (Å²) in [5, 5.41) is 21.3. The molecule has 26 nitrogen and oxygen atoms in total. The van der Waals surface area contributed by atoms with Crippen LogP contribution >= 0.6 is 15.2 Å². The number of aliphatic carboxylic acids is 2. The number of rotatable bonds is 12. The number of ether oxygens (including phenoxy) is 6.